The molecule has 23 heavy (non-hydrogen) atoms. The average molecular weight is 309 g/mol. The summed E-state index contributed by atoms with van der Waals surface area (Å²) in [6, 6.07) is 4.06. The minimum Gasteiger partial charge on any atom is -0.399 e. The molecule has 1 aliphatic heterocycles. The zero-order valence-electron chi connectivity index (χ0n) is 12.9. The first-order valence-electron chi connectivity index (χ1n) is 7.73. The van der Waals surface area contributed by atoms with E-state index in [2.05, 4.69) is 27.5 Å². The van der Waals surface area contributed by atoms with Gasteiger partial charge in [-0.1, -0.05) is 6.92 Å². The van der Waals surface area contributed by atoms with Gasteiger partial charge in [0.25, 0.3) is 0 Å². The van der Waals surface area contributed by atoms with E-state index < -0.39 is 0 Å². The molecule has 0 amide bonds. The summed E-state index contributed by atoms with van der Waals surface area (Å²) in [7, 11) is 0. The van der Waals surface area contributed by atoms with E-state index in [4.69, 9.17) is 10.7 Å². The van der Waals surface area contributed by atoms with Crippen molar-refractivity contribution in [3.05, 3.63) is 36.9 Å². The molecule has 0 unspecified atom stereocenters. The van der Waals surface area contributed by atoms with Crippen LogP contribution in [0, 0.1) is 5.92 Å². The van der Waals surface area contributed by atoms with Crippen molar-refractivity contribution >= 4 is 17.2 Å². The number of fused-ring (bicyclic) bond motifs is 1. The van der Waals surface area contributed by atoms with E-state index in [-0.39, 0.29) is 0 Å². The maximum absolute atomic E-state index is 5.80. The van der Waals surface area contributed by atoms with Crippen LogP contribution in [0.2, 0.25) is 0 Å². The van der Waals surface area contributed by atoms with Crippen LogP contribution in [0.1, 0.15) is 6.92 Å². The van der Waals surface area contributed by atoms with Gasteiger partial charge in [-0.25, -0.2) is 9.97 Å². The Kier molecular flexibility index (Phi) is 3.34. The molecule has 0 spiro atoms. The van der Waals surface area contributed by atoms with Crippen LogP contribution in [-0.2, 0) is 0 Å². The van der Waals surface area contributed by atoms with Crippen molar-refractivity contribution in [2.24, 2.45) is 5.92 Å². The number of nitrogen functional groups attached to an aromatic ring is 1. The lowest BCUT2D eigenvalue weighted by Gasteiger charge is -2.16. The Labute approximate surface area is 134 Å². The molecule has 4 heterocycles. The molecule has 1 saturated heterocycles. The summed E-state index contributed by atoms with van der Waals surface area (Å²) in [5.74, 6) is 1.35. The fraction of sp³-hybridized carbons (Fsp3) is 0.312. The monoisotopic (exact) mass is 309 g/mol. The summed E-state index contributed by atoms with van der Waals surface area (Å²) in [6.07, 6.45) is 7.21. The first kappa shape index (κ1) is 14.0. The first-order chi connectivity index (χ1) is 11.2. The number of rotatable bonds is 3. The number of hydrogen-bond donors (Lipinski definition) is 3. The second kappa shape index (κ2) is 5.51. The summed E-state index contributed by atoms with van der Waals surface area (Å²) in [4.78, 5) is 13.4. The Hall–Kier alpha value is -2.67. The number of hydrogen-bond acceptors (Lipinski definition) is 6. The van der Waals surface area contributed by atoms with Gasteiger partial charge in [-0.2, -0.15) is 0 Å². The SMILES string of the molecule is C[C@@H]1CNC[C@@H]1Nc1cncc(-c2cnc3cc(N)ccn23)n1. The van der Waals surface area contributed by atoms with Gasteiger partial charge in [0.05, 0.1) is 24.3 Å². The lowest BCUT2D eigenvalue weighted by molar-refractivity contribution is 0.593. The van der Waals surface area contributed by atoms with Crippen LogP contribution in [0.4, 0.5) is 11.5 Å². The fourth-order valence-corrected chi connectivity index (χ4v) is 2.94. The second-order valence-corrected chi connectivity index (χ2v) is 6.01. The van der Waals surface area contributed by atoms with E-state index in [1.165, 1.54) is 0 Å². The molecule has 0 saturated carbocycles. The van der Waals surface area contributed by atoms with E-state index in [0.717, 1.165) is 35.9 Å². The number of aromatic nitrogens is 4. The number of imidazole rings is 1. The molecule has 2 atom stereocenters. The fourth-order valence-electron chi connectivity index (χ4n) is 2.94. The highest BCUT2D eigenvalue weighted by Crippen LogP contribution is 2.21. The highest BCUT2D eigenvalue weighted by molar-refractivity contribution is 5.63. The van der Waals surface area contributed by atoms with Crippen LogP contribution in [0.15, 0.2) is 36.9 Å². The van der Waals surface area contributed by atoms with Crippen LogP contribution in [0.25, 0.3) is 17.0 Å². The lowest BCUT2D eigenvalue weighted by Crippen LogP contribution is -2.27. The van der Waals surface area contributed by atoms with Crippen molar-refractivity contribution in [2.75, 3.05) is 24.1 Å². The number of nitrogens with zero attached hydrogens (tertiary/aromatic N) is 4. The molecule has 3 aromatic rings. The molecule has 1 aliphatic rings. The van der Waals surface area contributed by atoms with Gasteiger partial charge in [-0.3, -0.25) is 9.38 Å². The van der Waals surface area contributed by atoms with Crippen molar-refractivity contribution < 1.29 is 0 Å². The maximum atomic E-state index is 5.80. The molecule has 118 valence electrons. The molecule has 7 heteroatoms. The lowest BCUT2D eigenvalue weighted by atomic mass is 10.1. The van der Waals surface area contributed by atoms with E-state index in [1.54, 1.807) is 18.6 Å². The number of nitrogens with one attached hydrogen (secondary N) is 2. The van der Waals surface area contributed by atoms with Gasteiger partial charge in [-0.05, 0) is 18.5 Å². The largest absolute Gasteiger partial charge is 0.399 e. The van der Waals surface area contributed by atoms with E-state index >= 15 is 0 Å². The highest BCUT2D eigenvalue weighted by atomic mass is 15.1. The molecular formula is C16H19N7. The Balaban J connectivity index is 1.67. The van der Waals surface area contributed by atoms with Crippen molar-refractivity contribution in [3.63, 3.8) is 0 Å². The van der Waals surface area contributed by atoms with Gasteiger partial charge in [-0.15, -0.1) is 0 Å². The summed E-state index contributed by atoms with van der Waals surface area (Å²) in [6.45, 7) is 4.20. The maximum Gasteiger partial charge on any atom is 0.145 e. The summed E-state index contributed by atoms with van der Waals surface area (Å²) >= 11 is 0. The normalized spacial score (nSPS) is 20.9. The van der Waals surface area contributed by atoms with Crippen LogP contribution < -0.4 is 16.4 Å². The van der Waals surface area contributed by atoms with Crippen molar-refractivity contribution in [1.29, 1.82) is 0 Å². The van der Waals surface area contributed by atoms with Crippen molar-refractivity contribution in [2.45, 2.75) is 13.0 Å². The van der Waals surface area contributed by atoms with Gasteiger partial charge in [0.2, 0.25) is 0 Å². The van der Waals surface area contributed by atoms with E-state index in [1.807, 2.05) is 22.7 Å². The molecule has 4 rings (SSSR count). The Morgan fingerprint density at radius 3 is 3.04 bits per heavy atom. The van der Waals surface area contributed by atoms with Crippen molar-refractivity contribution in [1.82, 2.24) is 24.7 Å². The van der Waals surface area contributed by atoms with Crippen LogP contribution >= 0.6 is 0 Å². The standard InChI is InChI=1S/C16H19N7/c1-10-5-18-6-12(10)21-15-9-19-7-13(22-15)14-8-20-16-4-11(17)2-3-23(14)16/h2-4,7-10,12,18H,5-6,17H2,1H3,(H,21,22)/t10-,12+/m1/s1. The molecule has 0 bridgehead atoms. The minimum atomic E-state index is 0.376. The molecule has 0 aromatic carbocycles. The van der Waals surface area contributed by atoms with Gasteiger partial charge in [0.1, 0.15) is 17.2 Å². The molecule has 4 N–H and O–H groups in total. The zero-order valence-corrected chi connectivity index (χ0v) is 12.9. The molecule has 0 radical (unpaired) electrons. The number of anilines is 2. The molecule has 3 aromatic heterocycles. The molecule has 1 fully saturated rings. The highest BCUT2D eigenvalue weighted by Gasteiger charge is 2.23. The molecule has 7 nitrogen and oxygen atoms in total. The third kappa shape index (κ3) is 2.59. The Morgan fingerprint density at radius 1 is 1.30 bits per heavy atom. The minimum absolute atomic E-state index is 0.376. The zero-order chi connectivity index (χ0) is 15.8. The predicted molar refractivity (Wildman–Crippen MR) is 90.1 cm³/mol. The smallest absolute Gasteiger partial charge is 0.145 e. The van der Waals surface area contributed by atoms with Crippen molar-refractivity contribution in [3.8, 4) is 11.4 Å². The summed E-state index contributed by atoms with van der Waals surface area (Å²) in [5.41, 5.74) is 8.98. The van der Waals surface area contributed by atoms with Gasteiger partial charge < -0.3 is 16.4 Å². The number of nitrogens with two attached hydrogens (primary N) is 1. The van der Waals surface area contributed by atoms with Crippen LogP contribution in [0.5, 0.6) is 0 Å². The second-order valence-electron chi connectivity index (χ2n) is 6.01. The van der Waals surface area contributed by atoms with E-state index in [9.17, 15) is 0 Å². The van der Waals surface area contributed by atoms with E-state index in [0.29, 0.717) is 17.6 Å². The Bertz CT molecular complexity index is 841. The topological polar surface area (TPSA) is 93.2 Å². The van der Waals surface area contributed by atoms with Crippen LogP contribution in [-0.4, -0.2) is 38.5 Å². The van der Waals surface area contributed by atoms with Gasteiger partial charge >= 0.3 is 0 Å². The predicted octanol–water partition coefficient (Wildman–Crippen LogP) is 1.39. The first-order valence-corrected chi connectivity index (χ1v) is 7.73. The number of pyridine rings is 1. The summed E-state index contributed by atoms with van der Waals surface area (Å²) in [5, 5.41) is 6.84. The van der Waals surface area contributed by atoms with Gasteiger partial charge in [0.15, 0.2) is 0 Å². The Morgan fingerprint density at radius 2 is 2.22 bits per heavy atom. The quantitative estimate of drug-likeness (QED) is 0.677. The van der Waals surface area contributed by atoms with Crippen LogP contribution in [0.3, 0.4) is 0 Å². The molecular weight excluding hydrogens is 290 g/mol. The third-order valence-electron chi connectivity index (χ3n) is 4.28. The third-order valence-corrected chi connectivity index (χ3v) is 4.28. The average Bonchev–Trinajstić information content (AvgIpc) is 3.14. The molecule has 0 aliphatic carbocycles. The summed E-state index contributed by atoms with van der Waals surface area (Å²) < 4.78 is 1.96. The van der Waals surface area contributed by atoms with Gasteiger partial charge in [0, 0.05) is 30.5 Å².